The lowest BCUT2D eigenvalue weighted by molar-refractivity contribution is 0.0955. The van der Waals surface area contributed by atoms with Gasteiger partial charge in [0.15, 0.2) is 11.5 Å². The smallest absolute Gasteiger partial charge is 0.251 e. The Balaban J connectivity index is 2.11. The van der Waals surface area contributed by atoms with Gasteiger partial charge in [-0.25, -0.2) is 0 Å². The molecular weight excluding hydrogens is 296 g/mol. The number of carbonyl (C=O) groups excluding carboxylic acids is 1. The van der Waals surface area contributed by atoms with Crippen LogP contribution in [-0.4, -0.2) is 58.8 Å². The van der Waals surface area contributed by atoms with Crippen molar-refractivity contribution >= 4 is 5.91 Å². The topological polar surface area (TPSA) is 60.0 Å². The van der Waals surface area contributed by atoms with Gasteiger partial charge in [0, 0.05) is 25.2 Å². The number of nitrogens with one attached hydrogen (secondary N) is 1. The Labute approximate surface area is 137 Å². The second-order valence-electron chi connectivity index (χ2n) is 5.49. The molecule has 23 heavy (non-hydrogen) atoms. The van der Waals surface area contributed by atoms with Gasteiger partial charge < -0.3 is 24.4 Å². The SMILES string of the molecule is COc1cc(C(=O)NCC2=CCCN(C)C2)cc(OC)c1OC. The Morgan fingerprint density at radius 1 is 1.17 bits per heavy atom. The largest absolute Gasteiger partial charge is 0.493 e. The first-order chi connectivity index (χ1) is 11.1. The fourth-order valence-electron chi connectivity index (χ4n) is 2.62. The van der Waals surface area contributed by atoms with Crippen LogP contribution >= 0.6 is 0 Å². The highest BCUT2D eigenvalue weighted by Gasteiger charge is 2.17. The van der Waals surface area contributed by atoms with Crippen molar-refractivity contribution in [2.75, 3.05) is 48.0 Å². The minimum atomic E-state index is -0.168. The minimum Gasteiger partial charge on any atom is -0.493 e. The summed E-state index contributed by atoms with van der Waals surface area (Å²) in [6, 6.07) is 3.30. The van der Waals surface area contributed by atoms with Crippen LogP contribution in [0.15, 0.2) is 23.8 Å². The van der Waals surface area contributed by atoms with Crippen molar-refractivity contribution in [1.29, 1.82) is 0 Å². The Morgan fingerprint density at radius 3 is 2.35 bits per heavy atom. The van der Waals surface area contributed by atoms with Crippen LogP contribution < -0.4 is 19.5 Å². The molecule has 0 saturated carbocycles. The summed E-state index contributed by atoms with van der Waals surface area (Å²) in [6.45, 7) is 2.49. The lowest BCUT2D eigenvalue weighted by Crippen LogP contribution is -2.32. The van der Waals surface area contributed by atoms with Crippen molar-refractivity contribution in [2.24, 2.45) is 0 Å². The summed E-state index contributed by atoms with van der Waals surface area (Å²) in [4.78, 5) is 14.6. The van der Waals surface area contributed by atoms with Crippen LogP contribution in [-0.2, 0) is 0 Å². The molecule has 1 aliphatic rings. The number of methoxy groups -OCH3 is 3. The number of hydrogen-bond acceptors (Lipinski definition) is 5. The van der Waals surface area contributed by atoms with Crippen molar-refractivity contribution in [3.63, 3.8) is 0 Å². The Kier molecular flexibility index (Phi) is 5.87. The predicted molar refractivity (Wildman–Crippen MR) is 88.6 cm³/mol. The van der Waals surface area contributed by atoms with Gasteiger partial charge in [-0.2, -0.15) is 0 Å². The highest BCUT2D eigenvalue weighted by molar-refractivity contribution is 5.95. The van der Waals surface area contributed by atoms with E-state index in [1.165, 1.54) is 26.9 Å². The molecule has 1 aromatic carbocycles. The highest BCUT2D eigenvalue weighted by Crippen LogP contribution is 2.38. The van der Waals surface area contributed by atoms with Crippen LogP contribution in [0.3, 0.4) is 0 Å². The molecule has 1 amide bonds. The van der Waals surface area contributed by atoms with Crippen LogP contribution in [0.25, 0.3) is 0 Å². The quantitative estimate of drug-likeness (QED) is 0.809. The summed E-state index contributed by atoms with van der Waals surface area (Å²) in [5, 5.41) is 2.94. The highest BCUT2D eigenvalue weighted by atomic mass is 16.5. The summed E-state index contributed by atoms with van der Waals surface area (Å²) in [5.74, 6) is 1.24. The van der Waals surface area contributed by atoms with Gasteiger partial charge in [0.2, 0.25) is 5.75 Å². The Hall–Kier alpha value is -2.21. The van der Waals surface area contributed by atoms with Crippen molar-refractivity contribution in [2.45, 2.75) is 6.42 Å². The third-order valence-corrected chi connectivity index (χ3v) is 3.82. The number of carbonyl (C=O) groups is 1. The third kappa shape index (κ3) is 4.16. The monoisotopic (exact) mass is 320 g/mol. The van der Waals surface area contributed by atoms with E-state index in [4.69, 9.17) is 14.2 Å². The number of likely N-dealkylation sites (N-methyl/N-ethyl adjacent to an activating group) is 1. The molecule has 0 bridgehead atoms. The standard InChI is InChI=1S/C17H24N2O4/c1-19-7-5-6-12(11-19)10-18-17(20)13-8-14(21-2)16(23-4)15(9-13)22-3/h6,8-9H,5,7,10-11H2,1-4H3,(H,18,20). The molecular formula is C17H24N2O4. The van der Waals surface area contributed by atoms with Gasteiger partial charge in [-0.05, 0) is 31.2 Å². The summed E-state index contributed by atoms with van der Waals surface area (Å²) in [5.41, 5.74) is 1.70. The fourth-order valence-corrected chi connectivity index (χ4v) is 2.62. The Bertz CT molecular complexity index is 573. The first kappa shape index (κ1) is 17.1. The first-order valence-corrected chi connectivity index (χ1v) is 7.53. The van der Waals surface area contributed by atoms with E-state index in [0.717, 1.165) is 19.5 Å². The van der Waals surface area contributed by atoms with E-state index in [0.29, 0.717) is 29.4 Å². The molecule has 6 nitrogen and oxygen atoms in total. The number of ether oxygens (including phenoxy) is 3. The third-order valence-electron chi connectivity index (χ3n) is 3.82. The average Bonchev–Trinajstić information content (AvgIpc) is 2.58. The van der Waals surface area contributed by atoms with Gasteiger partial charge >= 0.3 is 0 Å². The molecule has 0 aliphatic carbocycles. The molecule has 0 fully saturated rings. The van der Waals surface area contributed by atoms with Gasteiger partial charge in [-0.15, -0.1) is 0 Å². The van der Waals surface area contributed by atoms with Crippen LogP contribution in [0.5, 0.6) is 17.2 Å². The maximum atomic E-state index is 12.4. The van der Waals surface area contributed by atoms with E-state index in [1.807, 2.05) is 0 Å². The fraction of sp³-hybridized carbons (Fsp3) is 0.471. The van der Waals surface area contributed by atoms with Gasteiger partial charge in [0.25, 0.3) is 5.91 Å². The molecule has 0 radical (unpaired) electrons. The molecule has 1 aliphatic heterocycles. The first-order valence-electron chi connectivity index (χ1n) is 7.53. The summed E-state index contributed by atoms with van der Waals surface area (Å²) >= 11 is 0. The molecule has 2 rings (SSSR count). The van der Waals surface area contributed by atoms with E-state index in [9.17, 15) is 4.79 Å². The number of rotatable bonds is 6. The zero-order valence-electron chi connectivity index (χ0n) is 14.1. The van der Waals surface area contributed by atoms with Gasteiger partial charge in [-0.3, -0.25) is 4.79 Å². The van der Waals surface area contributed by atoms with Crippen molar-refractivity contribution in [3.8, 4) is 17.2 Å². The van der Waals surface area contributed by atoms with Crippen LogP contribution in [0.1, 0.15) is 16.8 Å². The van der Waals surface area contributed by atoms with Crippen molar-refractivity contribution < 1.29 is 19.0 Å². The lowest BCUT2D eigenvalue weighted by Gasteiger charge is -2.23. The van der Waals surface area contributed by atoms with E-state index in [1.54, 1.807) is 12.1 Å². The van der Waals surface area contributed by atoms with Gasteiger partial charge in [0.1, 0.15) is 0 Å². The number of benzene rings is 1. The molecule has 6 heteroatoms. The van der Waals surface area contributed by atoms with E-state index >= 15 is 0 Å². The zero-order chi connectivity index (χ0) is 16.8. The molecule has 0 atom stereocenters. The molecule has 0 saturated heterocycles. The van der Waals surface area contributed by atoms with E-state index in [2.05, 4.69) is 23.3 Å². The molecule has 1 N–H and O–H groups in total. The zero-order valence-corrected chi connectivity index (χ0v) is 14.1. The molecule has 126 valence electrons. The van der Waals surface area contributed by atoms with Gasteiger partial charge in [-0.1, -0.05) is 6.08 Å². The maximum absolute atomic E-state index is 12.4. The van der Waals surface area contributed by atoms with E-state index in [-0.39, 0.29) is 5.91 Å². The van der Waals surface area contributed by atoms with Crippen LogP contribution in [0.2, 0.25) is 0 Å². The Morgan fingerprint density at radius 2 is 1.83 bits per heavy atom. The molecule has 0 aromatic heterocycles. The van der Waals surface area contributed by atoms with E-state index < -0.39 is 0 Å². The van der Waals surface area contributed by atoms with Crippen LogP contribution in [0, 0.1) is 0 Å². The van der Waals surface area contributed by atoms with Gasteiger partial charge in [0.05, 0.1) is 21.3 Å². The average molecular weight is 320 g/mol. The second kappa shape index (κ2) is 7.87. The summed E-state index contributed by atoms with van der Waals surface area (Å²) < 4.78 is 15.8. The number of hydrogen-bond donors (Lipinski definition) is 1. The second-order valence-corrected chi connectivity index (χ2v) is 5.49. The van der Waals surface area contributed by atoms with Crippen molar-refractivity contribution in [1.82, 2.24) is 10.2 Å². The molecule has 0 spiro atoms. The van der Waals surface area contributed by atoms with Crippen molar-refractivity contribution in [3.05, 3.63) is 29.3 Å². The molecule has 1 aromatic rings. The minimum absolute atomic E-state index is 0.168. The molecule has 1 heterocycles. The predicted octanol–water partition coefficient (Wildman–Crippen LogP) is 1.70. The number of amides is 1. The normalized spacial score (nSPS) is 14.9. The van der Waals surface area contributed by atoms with Crippen LogP contribution in [0.4, 0.5) is 0 Å². The molecule has 0 unspecified atom stereocenters. The lowest BCUT2D eigenvalue weighted by atomic mass is 10.1. The maximum Gasteiger partial charge on any atom is 0.251 e. The number of nitrogens with zero attached hydrogens (tertiary/aromatic N) is 1. The summed E-state index contributed by atoms with van der Waals surface area (Å²) in [7, 11) is 6.67. The summed E-state index contributed by atoms with van der Waals surface area (Å²) in [6.07, 6.45) is 3.21.